The summed E-state index contributed by atoms with van der Waals surface area (Å²) >= 11 is 5.81. The zero-order chi connectivity index (χ0) is 8.55. The van der Waals surface area contributed by atoms with Crippen LogP contribution in [0, 0.1) is 5.92 Å². The summed E-state index contributed by atoms with van der Waals surface area (Å²) in [6.07, 6.45) is 2.70. The van der Waals surface area contributed by atoms with Gasteiger partial charge in [0.25, 0.3) is 0 Å². The largest absolute Gasteiger partial charge is 0.0843 e. The molecule has 1 aliphatic rings. The molecule has 12 heavy (non-hydrogen) atoms. The lowest BCUT2D eigenvalue weighted by Gasteiger charge is -2.33. The van der Waals surface area contributed by atoms with E-state index in [1.165, 1.54) is 18.4 Å². The molecule has 0 heterocycles. The predicted octanol–water partition coefficient (Wildman–Crippen LogP) is 3.85. The summed E-state index contributed by atoms with van der Waals surface area (Å²) in [6.45, 7) is 2.31. The molecule has 1 heteroatoms. The number of hydrogen-bond donors (Lipinski definition) is 0. The Morgan fingerprint density at radius 3 is 2.25 bits per heavy atom. The average Bonchev–Trinajstić information content (AvgIpc) is 2.01. The molecular weight excluding hydrogens is 168 g/mol. The molecule has 0 saturated heterocycles. The van der Waals surface area contributed by atoms with E-state index >= 15 is 0 Å². The molecule has 64 valence electrons. The Morgan fingerprint density at radius 2 is 1.75 bits per heavy atom. The smallest absolute Gasteiger partial charge is 0.0406 e. The van der Waals surface area contributed by atoms with Crippen LogP contribution < -0.4 is 0 Å². The number of hydrogen-bond acceptors (Lipinski definition) is 0. The van der Waals surface area contributed by atoms with Crippen LogP contribution in [0.5, 0.6) is 0 Å². The monoisotopic (exact) mass is 180 g/mol. The Morgan fingerprint density at radius 1 is 1.17 bits per heavy atom. The first-order valence-corrected chi connectivity index (χ1v) is 4.89. The fourth-order valence-electron chi connectivity index (χ4n) is 1.91. The van der Waals surface area contributed by atoms with Crippen molar-refractivity contribution >= 4 is 11.6 Å². The van der Waals surface area contributed by atoms with Gasteiger partial charge in [-0.05, 0) is 42.4 Å². The molecule has 0 spiro atoms. The third-order valence-corrected chi connectivity index (χ3v) is 2.97. The van der Waals surface area contributed by atoms with Gasteiger partial charge in [-0.25, -0.2) is 0 Å². The van der Waals surface area contributed by atoms with Crippen LogP contribution in [0.2, 0.25) is 5.02 Å². The fraction of sp³-hybridized carbons (Fsp3) is 0.455. The summed E-state index contributed by atoms with van der Waals surface area (Å²) in [4.78, 5) is 0. The van der Waals surface area contributed by atoms with E-state index in [1.807, 2.05) is 12.1 Å². The summed E-state index contributed by atoms with van der Waals surface area (Å²) < 4.78 is 0. The van der Waals surface area contributed by atoms with Gasteiger partial charge in [0.05, 0.1) is 0 Å². The predicted molar refractivity (Wildman–Crippen MR) is 52.6 cm³/mol. The highest BCUT2D eigenvalue weighted by atomic mass is 35.5. The Balaban J connectivity index is 2.09. The van der Waals surface area contributed by atoms with Gasteiger partial charge in [0.1, 0.15) is 0 Å². The zero-order valence-corrected chi connectivity index (χ0v) is 8.01. The van der Waals surface area contributed by atoms with Gasteiger partial charge >= 0.3 is 0 Å². The average molecular weight is 181 g/mol. The normalized spacial score (nSPS) is 28.2. The third kappa shape index (κ3) is 1.49. The molecule has 0 atom stereocenters. The first kappa shape index (κ1) is 8.12. The molecule has 1 saturated carbocycles. The third-order valence-electron chi connectivity index (χ3n) is 2.72. The maximum absolute atomic E-state index is 5.81. The second kappa shape index (κ2) is 3.10. The summed E-state index contributed by atoms with van der Waals surface area (Å²) in [7, 11) is 0. The van der Waals surface area contributed by atoms with Gasteiger partial charge in [-0.1, -0.05) is 30.7 Å². The molecule has 0 amide bonds. The van der Waals surface area contributed by atoms with Gasteiger partial charge in [0.2, 0.25) is 0 Å². The second-order valence-corrected chi connectivity index (χ2v) is 4.26. The first-order valence-electron chi connectivity index (χ1n) is 4.51. The minimum atomic E-state index is 0.803. The van der Waals surface area contributed by atoms with E-state index in [0.717, 1.165) is 16.9 Å². The van der Waals surface area contributed by atoms with Crippen molar-refractivity contribution < 1.29 is 0 Å². The molecule has 0 bridgehead atoms. The van der Waals surface area contributed by atoms with Gasteiger partial charge in [0.15, 0.2) is 0 Å². The summed E-state index contributed by atoms with van der Waals surface area (Å²) in [5.74, 6) is 1.72. The quantitative estimate of drug-likeness (QED) is 0.616. The van der Waals surface area contributed by atoms with Gasteiger partial charge in [-0.2, -0.15) is 0 Å². The van der Waals surface area contributed by atoms with Gasteiger partial charge in [-0.3, -0.25) is 0 Å². The highest BCUT2D eigenvalue weighted by Gasteiger charge is 2.26. The number of benzene rings is 1. The lowest BCUT2D eigenvalue weighted by atomic mass is 9.72. The Kier molecular flexibility index (Phi) is 2.10. The molecule has 0 aliphatic heterocycles. The first-order chi connectivity index (χ1) is 5.75. The lowest BCUT2D eigenvalue weighted by molar-refractivity contribution is 0.288. The molecule has 0 aromatic heterocycles. The van der Waals surface area contributed by atoms with Crippen LogP contribution >= 0.6 is 11.6 Å². The van der Waals surface area contributed by atoms with Crippen molar-refractivity contribution in [2.24, 2.45) is 5.92 Å². The van der Waals surface area contributed by atoms with Crippen molar-refractivity contribution in [3.05, 3.63) is 34.9 Å². The van der Waals surface area contributed by atoms with Crippen molar-refractivity contribution in [3.8, 4) is 0 Å². The van der Waals surface area contributed by atoms with Crippen molar-refractivity contribution in [1.82, 2.24) is 0 Å². The highest BCUT2D eigenvalue weighted by molar-refractivity contribution is 6.30. The zero-order valence-electron chi connectivity index (χ0n) is 7.26. The molecule has 0 N–H and O–H groups in total. The van der Waals surface area contributed by atoms with E-state index in [9.17, 15) is 0 Å². The minimum absolute atomic E-state index is 0.803. The maximum atomic E-state index is 5.81. The van der Waals surface area contributed by atoms with Crippen LogP contribution in [-0.4, -0.2) is 0 Å². The second-order valence-electron chi connectivity index (χ2n) is 3.83. The molecular formula is C11H13Cl. The summed E-state index contributed by atoms with van der Waals surface area (Å²) in [5.41, 5.74) is 1.46. The van der Waals surface area contributed by atoms with Crippen molar-refractivity contribution in [1.29, 1.82) is 0 Å². The van der Waals surface area contributed by atoms with Gasteiger partial charge in [-0.15, -0.1) is 0 Å². The van der Waals surface area contributed by atoms with Crippen molar-refractivity contribution in [3.63, 3.8) is 0 Å². The maximum Gasteiger partial charge on any atom is 0.0406 e. The Labute approximate surface area is 78.6 Å². The molecule has 2 rings (SSSR count). The van der Waals surface area contributed by atoms with Crippen LogP contribution in [0.3, 0.4) is 0 Å². The highest BCUT2D eigenvalue weighted by Crippen LogP contribution is 2.41. The van der Waals surface area contributed by atoms with Crippen LogP contribution in [0.1, 0.15) is 31.2 Å². The lowest BCUT2D eigenvalue weighted by Crippen LogP contribution is -2.18. The summed E-state index contributed by atoms with van der Waals surface area (Å²) in [6, 6.07) is 8.28. The van der Waals surface area contributed by atoms with Crippen LogP contribution in [-0.2, 0) is 0 Å². The van der Waals surface area contributed by atoms with Gasteiger partial charge < -0.3 is 0 Å². The molecule has 0 radical (unpaired) electrons. The van der Waals surface area contributed by atoms with E-state index < -0.39 is 0 Å². The number of rotatable bonds is 1. The fourth-order valence-corrected chi connectivity index (χ4v) is 2.04. The standard InChI is InChI=1S/C11H13Cl/c1-8-6-10(7-8)9-2-4-11(12)5-3-9/h2-5,8,10H,6-7H2,1H3. The molecule has 1 fully saturated rings. The van der Waals surface area contributed by atoms with Crippen molar-refractivity contribution in [2.45, 2.75) is 25.7 Å². The Bertz CT molecular complexity index is 257. The van der Waals surface area contributed by atoms with E-state index in [4.69, 9.17) is 11.6 Å². The number of halogens is 1. The molecule has 0 nitrogen and oxygen atoms in total. The topological polar surface area (TPSA) is 0 Å². The SMILES string of the molecule is CC1CC(c2ccc(Cl)cc2)C1. The molecule has 1 aliphatic carbocycles. The molecule has 0 unspecified atom stereocenters. The van der Waals surface area contributed by atoms with E-state index in [-0.39, 0.29) is 0 Å². The van der Waals surface area contributed by atoms with Gasteiger partial charge in [0, 0.05) is 5.02 Å². The molecule has 1 aromatic carbocycles. The Hall–Kier alpha value is -0.490. The van der Waals surface area contributed by atoms with E-state index in [1.54, 1.807) is 0 Å². The van der Waals surface area contributed by atoms with E-state index in [2.05, 4.69) is 19.1 Å². The van der Waals surface area contributed by atoms with E-state index in [0.29, 0.717) is 0 Å². The molecule has 1 aromatic rings. The minimum Gasteiger partial charge on any atom is -0.0843 e. The van der Waals surface area contributed by atoms with Crippen molar-refractivity contribution in [2.75, 3.05) is 0 Å². The van der Waals surface area contributed by atoms with Crippen LogP contribution in [0.15, 0.2) is 24.3 Å². The summed E-state index contributed by atoms with van der Waals surface area (Å²) in [5, 5.41) is 0.839. The van der Waals surface area contributed by atoms with Crippen LogP contribution in [0.25, 0.3) is 0 Å². The van der Waals surface area contributed by atoms with Crippen LogP contribution in [0.4, 0.5) is 0 Å².